The Hall–Kier alpha value is -2.11. The number of carboxylic acids is 1. The molecule has 1 aromatic rings. The van der Waals surface area contributed by atoms with Crippen LogP contribution >= 0.6 is 0 Å². The third kappa shape index (κ3) is 2.59. The number of benzene rings is 1. The monoisotopic (exact) mass is 278 g/mol. The number of nitrogens with zero attached hydrogens (tertiary/aromatic N) is 2. The van der Waals surface area contributed by atoms with Gasteiger partial charge in [0, 0.05) is 30.9 Å². The number of non-ortho nitro benzene ring substituents is 1. The minimum absolute atomic E-state index is 0.0329. The summed E-state index contributed by atoms with van der Waals surface area (Å²) in [6.45, 7) is 3.02. The van der Waals surface area contributed by atoms with E-state index in [1.807, 2.05) is 11.8 Å². The molecule has 0 aromatic heterocycles. The molecule has 1 fully saturated rings. The number of aliphatic carboxylic acids is 1. The first-order valence-corrected chi connectivity index (χ1v) is 6.71. The number of nitro benzene ring substituents is 1. The fourth-order valence-corrected chi connectivity index (χ4v) is 2.77. The fraction of sp³-hybridized carbons (Fsp3) is 0.500. The van der Waals surface area contributed by atoms with Gasteiger partial charge in [-0.25, -0.2) is 0 Å². The third-order valence-corrected chi connectivity index (χ3v) is 4.11. The lowest BCUT2D eigenvalue weighted by atomic mass is 9.77. The Labute approximate surface area is 117 Å². The Bertz CT molecular complexity index is 532. The summed E-state index contributed by atoms with van der Waals surface area (Å²) in [6.07, 6.45) is 2.00. The van der Waals surface area contributed by atoms with Gasteiger partial charge in [-0.3, -0.25) is 14.9 Å². The summed E-state index contributed by atoms with van der Waals surface area (Å²) < 4.78 is 0. The van der Waals surface area contributed by atoms with Crippen molar-refractivity contribution in [3.63, 3.8) is 0 Å². The molecule has 2 rings (SSSR count). The van der Waals surface area contributed by atoms with Gasteiger partial charge in [0.05, 0.1) is 10.3 Å². The number of piperidine rings is 1. The Kier molecular flexibility index (Phi) is 3.92. The lowest BCUT2D eigenvalue weighted by Crippen LogP contribution is -2.47. The molecule has 0 bridgehead atoms. The van der Waals surface area contributed by atoms with Crippen LogP contribution in [-0.2, 0) is 4.79 Å². The maximum atomic E-state index is 11.5. The Morgan fingerprint density at radius 3 is 2.90 bits per heavy atom. The number of nitro groups is 1. The number of anilines is 1. The summed E-state index contributed by atoms with van der Waals surface area (Å²) in [5.41, 5.74) is 0.00606. The van der Waals surface area contributed by atoms with Crippen LogP contribution < -0.4 is 4.90 Å². The van der Waals surface area contributed by atoms with Gasteiger partial charge in [0.2, 0.25) is 0 Å². The van der Waals surface area contributed by atoms with E-state index in [4.69, 9.17) is 0 Å². The molecule has 6 heteroatoms. The first-order valence-electron chi connectivity index (χ1n) is 6.71. The van der Waals surface area contributed by atoms with Gasteiger partial charge >= 0.3 is 5.97 Å². The van der Waals surface area contributed by atoms with Gasteiger partial charge in [-0.1, -0.05) is 13.0 Å². The van der Waals surface area contributed by atoms with Crippen LogP contribution in [0, 0.1) is 15.5 Å². The molecule has 6 nitrogen and oxygen atoms in total. The number of rotatable bonds is 4. The highest BCUT2D eigenvalue weighted by molar-refractivity contribution is 5.76. The van der Waals surface area contributed by atoms with E-state index >= 15 is 0 Å². The normalized spacial score (nSPS) is 22.6. The van der Waals surface area contributed by atoms with Crippen molar-refractivity contribution in [3.05, 3.63) is 34.4 Å². The lowest BCUT2D eigenvalue weighted by molar-refractivity contribution is -0.384. The zero-order valence-electron chi connectivity index (χ0n) is 11.4. The molecule has 0 amide bonds. The summed E-state index contributed by atoms with van der Waals surface area (Å²) in [6, 6.07) is 6.38. The van der Waals surface area contributed by atoms with Crippen molar-refractivity contribution in [2.75, 3.05) is 18.0 Å². The van der Waals surface area contributed by atoms with E-state index < -0.39 is 16.3 Å². The first kappa shape index (κ1) is 14.3. The van der Waals surface area contributed by atoms with E-state index in [1.165, 1.54) is 12.1 Å². The SMILES string of the molecule is CCC1(C(=O)O)CCCN(c2cccc([N+](=O)[O-])c2)C1. The topological polar surface area (TPSA) is 83.7 Å². The summed E-state index contributed by atoms with van der Waals surface area (Å²) in [5.74, 6) is -0.782. The van der Waals surface area contributed by atoms with Gasteiger partial charge in [0.25, 0.3) is 5.69 Å². The van der Waals surface area contributed by atoms with Gasteiger partial charge < -0.3 is 10.0 Å². The second-order valence-corrected chi connectivity index (χ2v) is 5.24. The Morgan fingerprint density at radius 1 is 1.55 bits per heavy atom. The van der Waals surface area contributed by atoms with Crippen LogP contribution in [0.3, 0.4) is 0 Å². The van der Waals surface area contributed by atoms with Crippen LogP contribution in [0.15, 0.2) is 24.3 Å². The van der Waals surface area contributed by atoms with Gasteiger partial charge in [-0.2, -0.15) is 0 Å². The van der Waals surface area contributed by atoms with Crippen LogP contribution in [0.1, 0.15) is 26.2 Å². The number of hydrogen-bond donors (Lipinski definition) is 1. The average molecular weight is 278 g/mol. The molecule has 0 spiro atoms. The summed E-state index contributed by atoms with van der Waals surface area (Å²) >= 11 is 0. The van der Waals surface area contributed by atoms with E-state index in [2.05, 4.69) is 0 Å². The molecule has 1 saturated heterocycles. The minimum Gasteiger partial charge on any atom is -0.481 e. The van der Waals surface area contributed by atoms with Crippen molar-refractivity contribution >= 4 is 17.3 Å². The quantitative estimate of drug-likeness (QED) is 0.676. The second-order valence-electron chi connectivity index (χ2n) is 5.24. The molecule has 0 radical (unpaired) electrons. The lowest BCUT2D eigenvalue weighted by Gasteiger charge is -2.40. The maximum absolute atomic E-state index is 11.5. The zero-order valence-corrected chi connectivity index (χ0v) is 11.4. The molecule has 1 aliphatic rings. The summed E-state index contributed by atoms with van der Waals surface area (Å²) in [7, 11) is 0. The predicted octanol–water partition coefficient (Wildman–Crippen LogP) is 2.68. The van der Waals surface area contributed by atoms with E-state index in [1.54, 1.807) is 12.1 Å². The highest BCUT2D eigenvalue weighted by Crippen LogP contribution is 2.36. The van der Waals surface area contributed by atoms with Crippen molar-refractivity contribution < 1.29 is 14.8 Å². The molecular formula is C14H18N2O4. The fourth-order valence-electron chi connectivity index (χ4n) is 2.77. The third-order valence-electron chi connectivity index (χ3n) is 4.11. The molecule has 108 valence electrons. The van der Waals surface area contributed by atoms with Crippen LogP contribution in [0.4, 0.5) is 11.4 Å². The molecule has 1 aromatic carbocycles. The van der Waals surface area contributed by atoms with E-state index in [0.29, 0.717) is 19.4 Å². The minimum atomic E-state index is -0.782. The molecular weight excluding hydrogens is 260 g/mol. The second kappa shape index (κ2) is 5.48. The largest absolute Gasteiger partial charge is 0.481 e. The maximum Gasteiger partial charge on any atom is 0.311 e. The number of hydrogen-bond acceptors (Lipinski definition) is 4. The highest BCUT2D eigenvalue weighted by atomic mass is 16.6. The van der Waals surface area contributed by atoms with Crippen molar-refractivity contribution in [1.29, 1.82) is 0 Å². The summed E-state index contributed by atoms with van der Waals surface area (Å²) in [5, 5.41) is 20.3. The highest BCUT2D eigenvalue weighted by Gasteiger charge is 2.41. The van der Waals surface area contributed by atoms with E-state index in [9.17, 15) is 20.0 Å². The van der Waals surface area contributed by atoms with Crippen molar-refractivity contribution in [1.82, 2.24) is 0 Å². The van der Waals surface area contributed by atoms with Crippen molar-refractivity contribution in [2.45, 2.75) is 26.2 Å². The zero-order chi connectivity index (χ0) is 14.8. The van der Waals surface area contributed by atoms with Gasteiger partial charge in [0.15, 0.2) is 0 Å². The molecule has 20 heavy (non-hydrogen) atoms. The predicted molar refractivity (Wildman–Crippen MR) is 74.9 cm³/mol. The van der Waals surface area contributed by atoms with E-state index in [-0.39, 0.29) is 5.69 Å². The first-order chi connectivity index (χ1) is 9.48. The van der Waals surface area contributed by atoms with Crippen LogP contribution in [0.5, 0.6) is 0 Å². The molecule has 1 atom stereocenters. The molecule has 0 aliphatic carbocycles. The molecule has 1 aliphatic heterocycles. The average Bonchev–Trinajstić information content (AvgIpc) is 2.47. The number of carbonyl (C=O) groups is 1. The Balaban J connectivity index is 2.27. The van der Waals surface area contributed by atoms with Crippen molar-refractivity contribution in [3.8, 4) is 0 Å². The van der Waals surface area contributed by atoms with Gasteiger partial charge in [-0.05, 0) is 25.3 Å². The van der Waals surface area contributed by atoms with Crippen LogP contribution in [-0.4, -0.2) is 29.1 Å². The van der Waals surface area contributed by atoms with Gasteiger partial charge in [-0.15, -0.1) is 0 Å². The number of carboxylic acid groups (broad SMARTS) is 1. The smallest absolute Gasteiger partial charge is 0.311 e. The standard InChI is InChI=1S/C14H18N2O4/c1-2-14(13(17)18)7-4-8-15(10-14)11-5-3-6-12(9-11)16(19)20/h3,5-6,9H,2,4,7-8,10H2,1H3,(H,17,18). The van der Waals surface area contributed by atoms with Crippen molar-refractivity contribution in [2.24, 2.45) is 5.41 Å². The van der Waals surface area contributed by atoms with E-state index in [0.717, 1.165) is 18.7 Å². The van der Waals surface area contributed by atoms with Crippen LogP contribution in [0.2, 0.25) is 0 Å². The Morgan fingerprint density at radius 2 is 2.30 bits per heavy atom. The van der Waals surface area contributed by atoms with Crippen LogP contribution in [0.25, 0.3) is 0 Å². The molecule has 1 N–H and O–H groups in total. The molecule has 0 saturated carbocycles. The molecule has 1 heterocycles. The molecule has 1 unspecified atom stereocenters. The van der Waals surface area contributed by atoms with Gasteiger partial charge in [0.1, 0.15) is 0 Å². The summed E-state index contributed by atoms with van der Waals surface area (Å²) in [4.78, 5) is 23.9.